The van der Waals surface area contributed by atoms with Gasteiger partial charge < -0.3 is 15.0 Å². The third kappa shape index (κ3) is 4.94. The summed E-state index contributed by atoms with van der Waals surface area (Å²) in [7, 11) is 1.64. The van der Waals surface area contributed by atoms with Crippen molar-refractivity contribution in [2.75, 3.05) is 30.4 Å². The first kappa shape index (κ1) is 21.5. The van der Waals surface area contributed by atoms with E-state index in [9.17, 15) is 9.59 Å². The van der Waals surface area contributed by atoms with Crippen LogP contribution in [0.3, 0.4) is 0 Å². The number of benzene rings is 2. The molecule has 1 fully saturated rings. The molecule has 0 unspecified atom stereocenters. The number of rotatable bonds is 6. The van der Waals surface area contributed by atoms with Gasteiger partial charge in [0, 0.05) is 29.9 Å². The number of amides is 1. The van der Waals surface area contributed by atoms with Crippen LogP contribution in [0.1, 0.15) is 30.1 Å². The van der Waals surface area contributed by atoms with Gasteiger partial charge >= 0.3 is 0 Å². The Morgan fingerprint density at radius 3 is 2.38 bits per heavy atom. The van der Waals surface area contributed by atoms with E-state index >= 15 is 0 Å². The smallest absolute Gasteiger partial charge is 0.229 e. The zero-order valence-electron chi connectivity index (χ0n) is 18.2. The molecule has 2 aromatic carbocycles. The Labute approximate surface area is 187 Å². The molecule has 32 heavy (non-hydrogen) atoms. The molecule has 0 saturated carbocycles. The number of piperidine rings is 1. The standard InChI is InChI=1S/C25H26N4O3/c1-17(30)18-5-9-21(10-6-18)26-25(31)20-4-3-15-29(16-20)24-14-13-23(27-28-24)19-7-11-22(32-2)12-8-19/h5-14,20H,3-4,15-16H2,1-2H3,(H,26,31)/t20-/m0/s1. The molecule has 0 spiro atoms. The highest BCUT2D eigenvalue weighted by atomic mass is 16.5. The minimum absolute atomic E-state index is 0.00455. The lowest BCUT2D eigenvalue weighted by molar-refractivity contribution is -0.120. The Bertz CT molecular complexity index is 1080. The van der Waals surface area contributed by atoms with Crippen molar-refractivity contribution >= 4 is 23.2 Å². The molecule has 0 bridgehead atoms. The second-order valence-electron chi connectivity index (χ2n) is 7.91. The van der Waals surface area contributed by atoms with Crippen LogP contribution >= 0.6 is 0 Å². The summed E-state index contributed by atoms with van der Waals surface area (Å²) in [6, 6.07) is 18.6. The maximum Gasteiger partial charge on any atom is 0.229 e. The van der Waals surface area contributed by atoms with E-state index in [1.165, 1.54) is 6.92 Å². The Balaban J connectivity index is 1.39. The van der Waals surface area contributed by atoms with Gasteiger partial charge in [0.1, 0.15) is 5.75 Å². The van der Waals surface area contributed by atoms with Crippen molar-refractivity contribution in [1.82, 2.24) is 10.2 Å². The monoisotopic (exact) mass is 430 g/mol. The van der Waals surface area contributed by atoms with Crippen molar-refractivity contribution in [1.29, 1.82) is 0 Å². The molecular weight excluding hydrogens is 404 g/mol. The third-order valence-electron chi connectivity index (χ3n) is 5.71. The predicted octanol–water partition coefficient (Wildman–Crippen LogP) is 4.21. The Hall–Kier alpha value is -3.74. The minimum Gasteiger partial charge on any atom is -0.497 e. The van der Waals surface area contributed by atoms with Crippen LogP contribution in [0.25, 0.3) is 11.3 Å². The Morgan fingerprint density at radius 1 is 1.00 bits per heavy atom. The van der Waals surface area contributed by atoms with Crippen molar-refractivity contribution in [3.05, 3.63) is 66.2 Å². The molecule has 1 saturated heterocycles. The molecule has 1 aromatic heterocycles. The van der Waals surface area contributed by atoms with E-state index in [-0.39, 0.29) is 17.6 Å². The lowest BCUT2D eigenvalue weighted by Crippen LogP contribution is -2.41. The zero-order valence-corrected chi connectivity index (χ0v) is 18.2. The summed E-state index contributed by atoms with van der Waals surface area (Å²) < 4.78 is 5.20. The third-order valence-corrected chi connectivity index (χ3v) is 5.71. The van der Waals surface area contributed by atoms with Gasteiger partial charge in [0.2, 0.25) is 5.91 Å². The van der Waals surface area contributed by atoms with Gasteiger partial charge in [0.25, 0.3) is 0 Å². The van der Waals surface area contributed by atoms with Gasteiger partial charge in [-0.05, 0) is 80.4 Å². The molecule has 1 aliphatic heterocycles. The quantitative estimate of drug-likeness (QED) is 0.590. The van der Waals surface area contributed by atoms with E-state index in [1.54, 1.807) is 31.4 Å². The molecule has 3 aromatic rings. The Morgan fingerprint density at radius 2 is 1.75 bits per heavy atom. The molecule has 0 radical (unpaired) electrons. The number of nitrogens with one attached hydrogen (secondary N) is 1. The van der Waals surface area contributed by atoms with Crippen LogP contribution in [0.4, 0.5) is 11.5 Å². The molecule has 0 aliphatic carbocycles. The van der Waals surface area contributed by atoms with Crippen LogP contribution in [-0.2, 0) is 4.79 Å². The molecule has 164 valence electrons. The predicted molar refractivity (Wildman–Crippen MR) is 124 cm³/mol. The van der Waals surface area contributed by atoms with Gasteiger partial charge in [0.05, 0.1) is 18.7 Å². The van der Waals surface area contributed by atoms with E-state index < -0.39 is 0 Å². The SMILES string of the molecule is COc1ccc(-c2ccc(N3CCC[C@H](C(=O)Nc4ccc(C(C)=O)cc4)C3)nn2)cc1. The highest BCUT2D eigenvalue weighted by Gasteiger charge is 2.27. The largest absolute Gasteiger partial charge is 0.497 e. The number of nitrogens with zero attached hydrogens (tertiary/aromatic N) is 3. The van der Waals surface area contributed by atoms with Crippen molar-refractivity contribution in [3.63, 3.8) is 0 Å². The van der Waals surface area contributed by atoms with Crippen LogP contribution in [0.15, 0.2) is 60.7 Å². The topological polar surface area (TPSA) is 84.4 Å². The second kappa shape index (κ2) is 9.60. The van der Waals surface area contributed by atoms with Crippen LogP contribution in [-0.4, -0.2) is 42.1 Å². The van der Waals surface area contributed by atoms with Crippen LogP contribution in [0.2, 0.25) is 0 Å². The number of hydrogen-bond acceptors (Lipinski definition) is 6. The van der Waals surface area contributed by atoms with Gasteiger partial charge in [-0.3, -0.25) is 9.59 Å². The molecule has 4 rings (SSSR count). The first-order valence-electron chi connectivity index (χ1n) is 10.7. The molecule has 1 atom stereocenters. The normalized spacial score (nSPS) is 15.8. The highest BCUT2D eigenvalue weighted by molar-refractivity contribution is 5.96. The fourth-order valence-electron chi connectivity index (χ4n) is 3.84. The number of anilines is 2. The number of Topliss-reactive ketones (excluding diaryl/α,β-unsaturated/α-hetero) is 1. The molecule has 2 heterocycles. The first-order chi connectivity index (χ1) is 15.5. The van der Waals surface area contributed by atoms with E-state index in [0.29, 0.717) is 17.8 Å². The molecule has 7 heteroatoms. The summed E-state index contributed by atoms with van der Waals surface area (Å²) in [5, 5.41) is 11.8. The number of ether oxygens (including phenoxy) is 1. The molecule has 1 N–H and O–H groups in total. The fraction of sp³-hybridized carbons (Fsp3) is 0.280. The second-order valence-corrected chi connectivity index (χ2v) is 7.91. The number of ketones is 1. The molecule has 1 amide bonds. The summed E-state index contributed by atoms with van der Waals surface area (Å²) in [4.78, 5) is 26.3. The summed E-state index contributed by atoms with van der Waals surface area (Å²) in [5.74, 6) is 1.41. The summed E-state index contributed by atoms with van der Waals surface area (Å²) in [6.45, 7) is 2.96. The maximum absolute atomic E-state index is 12.8. The lowest BCUT2D eigenvalue weighted by atomic mass is 9.97. The summed E-state index contributed by atoms with van der Waals surface area (Å²) >= 11 is 0. The van der Waals surface area contributed by atoms with Crippen LogP contribution in [0.5, 0.6) is 5.75 Å². The number of aromatic nitrogens is 2. The number of methoxy groups -OCH3 is 1. The number of carbonyl (C=O) groups excluding carboxylic acids is 2. The van der Waals surface area contributed by atoms with Crippen molar-refractivity contribution in [3.8, 4) is 17.0 Å². The van der Waals surface area contributed by atoms with Gasteiger partial charge in [-0.25, -0.2) is 0 Å². The number of carbonyl (C=O) groups is 2. The fourth-order valence-corrected chi connectivity index (χ4v) is 3.84. The van der Waals surface area contributed by atoms with E-state index in [0.717, 1.165) is 42.2 Å². The maximum atomic E-state index is 12.8. The highest BCUT2D eigenvalue weighted by Crippen LogP contribution is 2.25. The van der Waals surface area contributed by atoms with Crippen molar-refractivity contribution in [2.45, 2.75) is 19.8 Å². The minimum atomic E-state index is -0.140. The van der Waals surface area contributed by atoms with Crippen molar-refractivity contribution in [2.24, 2.45) is 5.92 Å². The van der Waals surface area contributed by atoms with Gasteiger partial charge in [-0.2, -0.15) is 0 Å². The number of hydrogen-bond donors (Lipinski definition) is 1. The average molecular weight is 431 g/mol. The molecule has 1 aliphatic rings. The molecular formula is C25H26N4O3. The summed E-state index contributed by atoms with van der Waals surface area (Å²) in [6.07, 6.45) is 1.73. The van der Waals surface area contributed by atoms with Gasteiger partial charge in [0.15, 0.2) is 11.6 Å². The van der Waals surface area contributed by atoms with Crippen molar-refractivity contribution < 1.29 is 14.3 Å². The van der Waals surface area contributed by atoms with Gasteiger partial charge in [-0.15, -0.1) is 10.2 Å². The Kier molecular flexibility index (Phi) is 6.44. The lowest BCUT2D eigenvalue weighted by Gasteiger charge is -2.32. The average Bonchev–Trinajstić information content (AvgIpc) is 2.84. The first-order valence-corrected chi connectivity index (χ1v) is 10.7. The van der Waals surface area contributed by atoms with Crippen LogP contribution < -0.4 is 15.0 Å². The van der Waals surface area contributed by atoms with Crippen LogP contribution in [0, 0.1) is 5.92 Å². The van der Waals surface area contributed by atoms with Gasteiger partial charge in [-0.1, -0.05) is 0 Å². The zero-order chi connectivity index (χ0) is 22.5. The van der Waals surface area contributed by atoms with E-state index in [2.05, 4.69) is 20.4 Å². The van der Waals surface area contributed by atoms with E-state index in [4.69, 9.17) is 4.74 Å². The molecule has 7 nitrogen and oxygen atoms in total. The van der Waals surface area contributed by atoms with E-state index in [1.807, 2.05) is 36.4 Å². The summed E-state index contributed by atoms with van der Waals surface area (Å²) in [5.41, 5.74) is 3.08.